The Labute approximate surface area is 291 Å². The van der Waals surface area contributed by atoms with Crippen LogP contribution < -0.4 is 0 Å². The first-order chi connectivity index (χ1) is 23.0. The van der Waals surface area contributed by atoms with Crippen LogP contribution in [0.4, 0.5) is 0 Å². The van der Waals surface area contributed by atoms with Crippen LogP contribution >= 0.6 is 11.3 Å². The van der Waals surface area contributed by atoms with Crippen LogP contribution in [-0.4, -0.2) is 55.6 Å². The van der Waals surface area contributed by atoms with Crippen molar-refractivity contribution < 1.29 is 17.9 Å². The van der Waals surface area contributed by atoms with E-state index in [1.807, 2.05) is 86.8 Å². The van der Waals surface area contributed by atoms with Gasteiger partial charge in [-0.3, -0.25) is 5.10 Å². The lowest BCUT2D eigenvalue weighted by Gasteiger charge is -1.74. The van der Waals surface area contributed by atoms with Gasteiger partial charge in [0.05, 0.1) is 22.1 Å². The van der Waals surface area contributed by atoms with Crippen LogP contribution in [0.2, 0.25) is 0 Å². The molecule has 0 aliphatic rings. The average Bonchev–Trinajstić information content (AvgIpc) is 3.90. The zero-order chi connectivity index (χ0) is 36.9. The van der Waals surface area contributed by atoms with Gasteiger partial charge in [-0.1, -0.05) is 10.3 Å². The predicted octanol–water partition coefficient (Wildman–Crippen LogP) is 7.77. The van der Waals surface area contributed by atoms with Crippen LogP contribution in [0, 0.1) is 96.9 Å². The molecule has 49 heavy (non-hydrogen) atoms. The number of nitrogens with one attached hydrogen (secondary N) is 2. The summed E-state index contributed by atoms with van der Waals surface area (Å²) in [6.45, 7) is 26.5. The molecule has 0 bridgehead atoms. The van der Waals surface area contributed by atoms with Gasteiger partial charge in [0.15, 0.2) is 11.7 Å². The third kappa shape index (κ3) is 21.3. The maximum Gasteiger partial charge on any atom is 0.223 e. The van der Waals surface area contributed by atoms with E-state index in [2.05, 4.69) is 67.1 Å². The molecule has 15 nitrogen and oxygen atoms in total. The molecule has 7 rings (SSSR count). The quantitative estimate of drug-likeness (QED) is 0.156. The Kier molecular flexibility index (Phi) is 19.0. The molecule has 0 fully saturated rings. The van der Waals surface area contributed by atoms with Gasteiger partial charge in [-0.05, 0) is 75.3 Å². The van der Waals surface area contributed by atoms with Crippen molar-refractivity contribution in [2.75, 3.05) is 0 Å². The fraction of sp³-hybridized carbons (Fsp3) is 0.424. The molecule has 266 valence electrons. The Morgan fingerprint density at radius 1 is 0.612 bits per heavy atom. The number of oxazole rings is 1. The SMILES string of the molecule is Cc1cc(C)[nH]n1.Cc1cc(C)on1.Cc1cnc(C)[nH]1.Cc1cnc(C)s1.Cc1coc(C)n1.Cc1nnc(C)o1.Cc1noc(C)n1. The molecule has 16 heteroatoms. The van der Waals surface area contributed by atoms with E-state index in [0.29, 0.717) is 23.5 Å². The molecule has 0 aliphatic carbocycles. The number of thiazole rings is 1. The number of aryl methyl sites for hydroxylation is 14. The average molecular weight is 696 g/mol. The van der Waals surface area contributed by atoms with Crippen molar-refractivity contribution >= 4 is 11.3 Å². The summed E-state index contributed by atoms with van der Waals surface area (Å²) in [6.07, 6.45) is 5.34. The molecule has 2 N–H and O–H groups in total. The number of imidazole rings is 1. The molecule has 0 aliphatic heterocycles. The Bertz CT molecular complexity index is 1360. The Morgan fingerprint density at radius 3 is 1.43 bits per heavy atom. The highest BCUT2D eigenvalue weighted by Crippen LogP contribution is 2.08. The van der Waals surface area contributed by atoms with Crippen LogP contribution in [-0.2, 0) is 0 Å². The Balaban J connectivity index is 0.000000286. The zero-order valence-corrected chi connectivity index (χ0v) is 31.8. The smallest absolute Gasteiger partial charge is 0.223 e. The van der Waals surface area contributed by atoms with E-state index in [4.69, 9.17) is 13.4 Å². The van der Waals surface area contributed by atoms with Crippen molar-refractivity contribution in [2.45, 2.75) is 96.9 Å². The normalized spacial score (nSPS) is 9.43. The number of hydrogen-bond acceptors (Lipinski definition) is 14. The van der Waals surface area contributed by atoms with Gasteiger partial charge in [0.25, 0.3) is 0 Å². The van der Waals surface area contributed by atoms with Crippen molar-refractivity contribution in [1.82, 2.24) is 55.6 Å². The third-order valence-corrected chi connectivity index (χ3v) is 5.96. The molecule has 0 radical (unpaired) electrons. The topological polar surface area (TPSA) is 200 Å². The van der Waals surface area contributed by atoms with Gasteiger partial charge in [-0.25, -0.2) is 15.0 Å². The van der Waals surface area contributed by atoms with Gasteiger partial charge in [-0.2, -0.15) is 10.1 Å². The van der Waals surface area contributed by atoms with Crippen LogP contribution in [0.25, 0.3) is 0 Å². The lowest BCUT2D eigenvalue weighted by Crippen LogP contribution is -1.70. The Morgan fingerprint density at radius 2 is 1.29 bits per heavy atom. The highest BCUT2D eigenvalue weighted by Gasteiger charge is 1.91. The van der Waals surface area contributed by atoms with Crippen molar-refractivity contribution in [1.29, 1.82) is 0 Å². The number of aromatic nitrogens is 11. The number of rotatable bonds is 0. The van der Waals surface area contributed by atoms with Crippen molar-refractivity contribution in [3.05, 3.63) is 110 Å². The van der Waals surface area contributed by atoms with Gasteiger partial charge < -0.3 is 22.9 Å². The van der Waals surface area contributed by atoms with E-state index >= 15 is 0 Å². The molecule has 0 unspecified atom stereocenters. The van der Waals surface area contributed by atoms with Crippen LogP contribution in [0.15, 0.2) is 48.7 Å². The summed E-state index contributed by atoms with van der Waals surface area (Å²) in [5, 5.41) is 22.2. The van der Waals surface area contributed by atoms with Crippen LogP contribution in [0.1, 0.15) is 79.3 Å². The summed E-state index contributed by atoms with van der Waals surface area (Å²) < 4.78 is 19.0. The molecule has 7 heterocycles. The molecular weight excluding hydrogens is 647 g/mol. The lowest BCUT2D eigenvalue weighted by atomic mass is 10.4. The molecule has 0 spiro atoms. The van der Waals surface area contributed by atoms with E-state index in [1.54, 1.807) is 45.3 Å². The van der Waals surface area contributed by atoms with Gasteiger partial charge >= 0.3 is 0 Å². The summed E-state index contributed by atoms with van der Waals surface area (Å²) in [5.41, 5.74) is 5.18. The number of aromatic amines is 2. The minimum absolute atomic E-state index is 0.623. The monoisotopic (exact) mass is 695 g/mol. The molecule has 0 atom stereocenters. The van der Waals surface area contributed by atoms with E-state index in [9.17, 15) is 0 Å². The minimum Gasteiger partial charge on any atom is -0.449 e. The Hall–Kier alpha value is -5.25. The van der Waals surface area contributed by atoms with Crippen molar-refractivity contribution in [3.63, 3.8) is 0 Å². The lowest BCUT2D eigenvalue weighted by molar-refractivity contribution is 0.389. The van der Waals surface area contributed by atoms with E-state index in [-0.39, 0.29) is 0 Å². The van der Waals surface area contributed by atoms with Gasteiger partial charge in [0.2, 0.25) is 17.7 Å². The number of H-pyrrole nitrogens is 2. The fourth-order valence-electron chi connectivity index (χ4n) is 3.32. The fourth-order valence-corrected chi connectivity index (χ4v) is 4.00. The van der Waals surface area contributed by atoms with Crippen molar-refractivity contribution in [2.24, 2.45) is 0 Å². The maximum absolute atomic E-state index is 4.86. The first-order valence-corrected chi connectivity index (χ1v) is 16.0. The first-order valence-electron chi connectivity index (χ1n) is 15.2. The second-order valence-corrected chi connectivity index (χ2v) is 12.1. The second kappa shape index (κ2) is 22.3. The zero-order valence-electron chi connectivity index (χ0n) is 31.0. The molecule has 7 aromatic heterocycles. The summed E-state index contributed by atoms with van der Waals surface area (Å²) in [5.74, 6) is 5.15. The van der Waals surface area contributed by atoms with Gasteiger partial charge in [-0.15, -0.1) is 21.5 Å². The van der Waals surface area contributed by atoms with Crippen LogP contribution in [0.5, 0.6) is 0 Å². The molecule has 0 aromatic carbocycles. The highest BCUT2D eigenvalue weighted by atomic mass is 32.1. The standard InChI is InChI=1S/2C5H8N2.2C5H7NO.C5H7NS.2C4H6N2O/c1-4-3-6-5(2)7-4;1-4-3-5(2)7-6-4;1-4-3-7-5(2)6-4;1-4-3-5(2)7-6-4;1-4-3-6-5(2)7-4;1-3-5-6-4(2)7-3;1-3-5-4(2)7-6-3/h2*3H,1-2H3,(H,6,7);3*3H,1-2H3;2*1-2H3. The molecular formula is C33H49N11O4S. The molecule has 0 saturated carbocycles. The predicted molar refractivity (Wildman–Crippen MR) is 187 cm³/mol. The summed E-state index contributed by atoms with van der Waals surface area (Å²) in [4.78, 5) is 20.1. The molecule has 7 aromatic rings. The second-order valence-electron chi connectivity index (χ2n) is 10.6. The van der Waals surface area contributed by atoms with Gasteiger partial charge in [0, 0.05) is 62.4 Å². The summed E-state index contributed by atoms with van der Waals surface area (Å²) >= 11 is 1.73. The van der Waals surface area contributed by atoms with Crippen molar-refractivity contribution in [3.8, 4) is 0 Å². The summed E-state index contributed by atoms with van der Waals surface area (Å²) in [7, 11) is 0. The summed E-state index contributed by atoms with van der Waals surface area (Å²) in [6, 6.07) is 3.89. The first kappa shape index (κ1) is 41.8. The number of hydrogen-bond donors (Lipinski definition) is 2. The maximum atomic E-state index is 4.86. The largest absolute Gasteiger partial charge is 0.449 e. The van der Waals surface area contributed by atoms with Crippen LogP contribution in [0.3, 0.4) is 0 Å². The van der Waals surface area contributed by atoms with Gasteiger partial charge in [0.1, 0.15) is 17.8 Å². The minimum atomic E-state index is 0.623. The van der Waals surface area contributed by atoms with E-state index < -0.39 is 0 Å². The third-order valence-electron chi connectivity index (χ3n) is 5.14. The van der Waals surface area contributed by atoms with E-state index in [1.165, 1.54) is 4.88 Å². The van der Waals surface area contributed by atoms with E-state index in [0.717, 1.165) is 51.0 Å². The number of nitrogens with zero attached hydrogens (tertiary/aromatic N) is 9. The highest BCUT2D eigenvalue weighted by molar-refractivity contribution is 7.11. The molecule has 0 amide bonds. The molecule has 0 saturated heterocycles.